The molecule has 0 N–H and O–H groups in total. The van der Waals surface area contributed by atoms with Gasteiger partial charge in [0.1, 0.15) is 0 Å². The van der Waals surface area contributed by atoms with Crippen molar-refractivity contribution in [3.05, 3.63) is 64.7 Å². The zero-order valence-corrected chi connectivity index (χ0v) is 13.2. The van der Waals surface area contributed by atoms with Crippen LogP contribution in [0.15, 0.2) is 48.5 Å². The van der Waals surface area contributed by atoms with E-state index in [9.17, 15) is 0 Å². The van der Waals surface area contributed by atoms with Crippen molar-refractivity contribution in [3.63, 3.8) is 0 Å². The quantitative estimate of drug-likeness (QED) is 0.846. The molecule has 2 aromatic carbocycles. The third-order valence-corrected chi connectivity index (χ3v) is 4.36. The highest BCUT2D eigenvalue weighted by Gasteiger charge is 2.18. The Kier molecular flexibility index (Phi) is 4.47. The summed E-state index contributed by atoms with van der Waals surface area (Å²) in [6.45, 7) is 7.55. The molecule has 0 aromatic heterocycles. The highest BCUT2D eigenvalue weighted by atomic mass is 35.5. The molecule has 110 valence electrons. The van der Waals surface area contributed by atoms with Gasteiger partial charge in [-0.25, -0.2) is 0 Å². The Morgan fingerprint density at radius 3 is 2.43 bits per heavy atom. The average Bonchev–Trinajstić information content (AvgIpc) is 2.49. The molecule has 3 rings (SSSR count). The minimum Gasteiger partial charge on any atom is -0.369 e. The molecule has 1 aliphatic rings. The molecule has 2 aromatic rings. The van der Waals surface area contributed by atoms with Crippen LogP contribution in [0.2, 0.25) is 5.02 Å². The third kappa shape index (κ3) is 3.58. The lowest BCUT2D eigenvalue weighted by molar-refractivity contribution is 0.250. The second-order valence-electron chi connectivity index (χ2n) is 5.68. The number of piperazine rings is 1. The van der Waals surface area contributed by atoms with Gasteiger partial charge in [0.2, 0.25) is 0 Å². The van der Waals surface area contributed by atoms with E-state index in [0.29, 0.717) is 0 Å². The van der Waals surface area contributed by atoms with E-state index < -0.39 is 0 Å². The second-order valence-corrected chi connectivity index (χ2v) is 6.12. The summed E-state index contributed by atoms with van der Waals surface area (Å²) in [5.74, 6) is 0. The van der Waals surface area contributed by atoms with E-state index in [1.165, 1.54) is 16.8 Å². The Morgan fingerprint density at radius 1 is 0.952 bits per heavy atom. The number of aryl methyl sites for hydroxylation is 1. The van der Waals surface area contributed by atoms with Gasteiger partial charge < -0.3 is 4.90 Å². The average molecular weight is 301 g/mol. The maximum atomic E-state index is 6.06. The van der Waals surface area contributed by atoms with Crippen LogP contribution in [0, 0.1) is 6.92 Å². The Bertz CT molecular complexity index is 604. The van der Waals surface area contributed by atoms with Crippen molar-refractivity contribution in [2.45, 2.75) is 13.5 Å². The van der Waals surface area contributed by atoms with E-state index in [-0.39, 0.29) is 0 Å². The highest BCUT2D eigenvalue weighted by molar-refractivity contribution is 6.30. The smallest absolute Gasteiger partial charge is 0.0409 e. The van der Waals surface area contributed by atoms with Crippen LogP contribution in [0.3, 0.4) is 0 Å². The lowest BCUT2D eigenvalue weighted by Gasteiger charge is -2.36. The minimum atomic E-state index is 0.825. The highest BCUT2D eigenvalue weighted by Crippen LogP contribution is 2.21. The molecule has 0 aliphatic carbocycles. The molecule has 3 heteroatoms. The molecule has 1 heterocycles. The van der Waals surface area contributed by atoms with Crippen LogP contribution in [0.4, 0.5) is 5.69 Å². The van der Waals surface area contributed by atoms with Crippen molar-refractivity contribution < 1.29 is 0 Å². The third-order valence-electron chi connectivity index (χ3n) is 4.12. The summed E-state index contributed by atoms with van der Waals surface area (Å²) < 4.78 is 0. The van der Waals surface area contributed by atoms with Gasteiger partial charge in [0.25, 0.3) is 0 Å². The molecule has 1 fully saturated rings. The molecule has 0 spiro atoms. The van der Waals surface area contributed by atoms with Gasteiger partial charge in [-0.3, -0.25) is 4.90 Å². The van der Waals surface area contributed by atoms with Crippen LogP contribution in [0.25, 0.3) is 0 Å². The number of hydrogen-bond acceptors (Lipinski definition) is 2. The van der Waals surface area contributed by atoms with E-state index >= 15 is 0 Å². The molecule has 0 unspecified atom stereocenters. The first-order chi connectivity index (χ1) is 10.2. The van der Waals surface area contributed by atoms with Crippen molar-refractivity contribution in [3.8, 4) is 0 Å². The number of hydrogen-bond donors (Lipinski definition) is 0. The maximum absolute atomic E-state index is 6.06. The zero-order chi connectivity index (χ0) is 14.7. The van der Waals surface area contributed by atoms with E-state index in [0.717, 1.165) is 37.7 Å². The number of rotatable bonds is 3. The SMILES string of the molecule is Cc1ccccc1N1CCN(Cc2cccc(Cl)c2)CC1. The summed E-state index contributed by atoms with van der Waals surface area (Å²) in [5, 5.41) is 0.825. The minimum absolute atomic E-state index is 0.825. The van der Waals surface area contributed by atoms with Crippen LogP contribution >= 0.6 is 11.6 Å². The molecule has 1 aliphatic heterocycles. The van der Waals surface area contributed by atoms with Crippen LogP contribution in [0.5, 0.6) is 0 Å². The number of anilines is 1. The second kappa shape index (κ2) is 6.50. The molecule has 0 saturated carbocycles. The normalized spacial score (nSPS) is 16.2. The number of para-hydroxylation sites is 1. The first-order valence-corrected chi connectivity index (χ1v) is 7.87. The van der Waals surface area contributed by atoms with E-state index in [2.05, 4.69) is 53.1 Å². The molecular formula is C18H21ClN2. The molecule has 0 amide bonds. The fraction of sp³-hybridized carbons (Fsp3) is 0.333. The van der Waals surface area contributed by atoms with Gasteiger partial charge in [-0.15, -0.1) is 0 Å². The fourth-order valence-electron chi connectivity index (χ4n) is 2.96. The standard InChI is InChI=1S/C18H21ClN2/c1-15-5-2-3-8-18(15)21-11-9-20(10-12-21)14-16-6-4-7-17(19)13-16/h2-8,13H,9-12,14H2,1H3. The fourth-order valence-corrected chi connectivity index (χ4v) is 3.17. The summed E-state index contributed by atoms with van der Waals surface area (Å²) in [4.78, 5) is 4.99. The van der Waals surface area contributed by atoms with Crippen LogP contribution < -0.4 is 4.90 Å². The largest absolute Gasteiger partial charge is 0.369 e. The molecule has 0 bridgehead atoms. The molecular weight excluding hydrogens is 280 g/mol. The van der Waals surface area contributed by atoms with Crippen LogP contribution in [0.1, 0.15) is 11.1 Å². The Hall–Kier alpha value is -1.51. The molecule has 0 atom stereocenters. The summed E-state index contributed by atoms with van der Waals surface area (Å²) in [7, 11) is 0. The van der Waals surface area contributed by atoms with Gasteiger partial charge in [-0.1, -0.05) is 41.9 Å². The predicted octanol–water partition coefficient (Wildman–Crippen LogP) is 3.97. The van der Waals surface area contributed by atoms with Gasteiger partial charge >= 0.3 is 0 Å². The summed E-state index contributed by atoms with van der Waals surface area (Å²) in [6, 6.07) is 16.8. The van der Waals surface area contributed by atoms with E-state index in [1.807, 2.05) is 12.1 Å². The molecule has 0 radical (unpaired) electrons. The zero-order valence-electron chi connectivity index (χ0n) is 12.4. The number of nitrogens with zero attached hydrogens (tertiary/aromatic N) is 2. The molecule has 21 heavy (non-hydrogen) atoms. The summed E-state index contributed by atoms with van der Waals surface area (Å²) >= 11 is 6.06. The maximum Gasteiger partial charge on any atom is 0.0409 e. The van der Waals surface area contributed by atoms with Crippen LogP contribution in [-0.2, 0) is 6.54 Å². The Morgan fingerprint density at radius 2 is 1.71 bits per heavy atom. The Balaban J connectivity index is 1.59. The van der Waals surface area contributed by atoms with E-state index in [4.69, 9.17) is 11.6 Å². The summed E-state index contributed by atoms with van der Waals surface area (Å²) in [5.41, 5.74) is 4.03. The predicted molar refractivity (Wildman–Crippen MR) is 90.1 cm³/mol. The first-order valence-electron chi connectivity index (χ1n) is 7.50. The van der Waals surface area contributed by atoms with Crippen molar-refractivity contribution in [2.24, 2.45) is 0 Å². The van der Waals surface area contributed by atoms with Gasteiger partial charge in [0, 0.05) is 43.4 Å². The van der Waals surface area contributed by atoms with Crippen molar-refractivity contribution in [1.82, 2.24) is 4.90 Å². The van der Waals surface area contributed by atoms with Gasteiger partial charge in [-0.2, -0.15) is 0 Å². The van der Waals surface area contributed by atoms with Gasteiger partial charge in [-0.05, 0) is 36.2 Å². The number of benzene rings is 2. The monoisotopic (exact) mass is 300 g/mol. The first kappa shape index (κ1) is 14.4. The van der Waals surface area contributed by atoms with Crippen molar-refractivity contribution in [2.75, 3.05) is 31.1 Å². The Labute approximate surface area is 131 Å². The van der Waals surface area contributed by atoms with Crippen molar-refractivity contribution in [1.29, 1.82) is 0 Å². The topological polar surface area (TPSA) is 6.48 Å². The number of halogens is 1. The van der Waals surface area contributed by atoms with Crippen LogP contribution in [-0.4, -0.2) is 31.1 Å². The molecule has 1 saturated heterocycles. The van der Waals surface area contributed by atoms with Gasteiger partial charge in [0.05, 0.1) is 0 Å². The van der Waals surface area contributed by atoms with Crippen molar-refractivity contribution >= 4 is 17.3 Å². The lowest BCUT2D eigenvalue weighted by Crippen LogP contribution is -2.46. The van der Waals surface area contributed by atoms with Gasteiger partial charge in [0.15, 0.2) is 0 Å². The van der Waals surface area contributed by atoms with E-state index in [1.54, 1.807) is 0 Å². The summed E-state index contributed by atoms with van der Waals surface area (Å²) in [6.07, 6.45) is 0. The lowest BCUT2D eigenvalue weighted by atomic mass is 10.1. The molecule has 2 nitrogen and oxygen atoms in total.